The molecule has 1 aliphatic carbocycles. The number of amides is 1. The lowest BCUT2D eigenvalue weighted by Gasteiger charge is -2.20. The molecule has 0 aliphatic heterocycles. The Labute approximate surface area is 140 Å². The van der Waals surface area contributed by atoms with Crippen LogP contribution in [0.4, 0.5) is 0 Å². The van der Waals surface area contributed by atoms with E-state index in [2.05, 4.69) is 15.0 Å². The van der Waals surface area contributed by atoms with Gasteiger partial charge in [-0.3, -0.25) is 9.48 Å². The second-order valence-corrected chi connectivity index (χ2v) is 6.20. The van der Waals surface area contributed by atoms with Crippen LogP contribution in [0.1, 0.15) is 41.0 Å². The number of carbonyl (C=O) groups excluding carboxylic acids is 1. The van der Waals surface area contributed by atoms with E-state index in [1.165, 1.54) is 0 Å². The van der Waals surface area contributed by atoms with Gasteiger partial charge in [0.25, 0.3) is 5.91 Å². The Morgan fingerprint density at radius 2 is 1.96 bits per heavy atom. The molecule has 2 aromatic heterocycles. The topological polar surface area (TPSA) is 51.9 Å². The third-order valence-electron chi connectivity index (χ3n) is 4.39. The van der Waals surface area contributed by atoms with Crippen LogP contribution < -0.4 is 5.32 Å². The summed E-state index contributed by atoms with van der Waals surface area (Å²) in [6, 6.07) is 16.1. The summed E-state index contributed by atoms with van der Waals surface area (Å²) in [4.78, 5) is 12.8. The zero-order valence-electron chi connectivity index (χ0n) is 13.4. The molecule has 1 atom stereocenters. The highest BCUT2D eigenvalue weighted by atomic mass is 16.2. The zero-order valence-corrected chi connectivity index (χ0v) is 13.4. The highest BCUT2D eigenvalue weighted by Crippen LogP contribution is 2.36. The molecule has 0 unspecified atom stereocenters. The number of nitrogens with zero attached hydrogens (tertiary/aromatic N) is 3. The number of nitrogens with one attached hydrogen (secondary N) is 1. The van der Waals surface area contributed by atoms with E-state index in [9.17, 15) is 4.79 Å². The molecule has 0 spiro atoms. The van der Waals surface area contributed by atoms with Gasteiger partial charge in [0.15, 0.2) is 0 Å². The third-order valence-corrected chi connectivity index (χ3v) is 4.39. The Kier molecular flexibility index (Phi) is 3.91. The Balaban J connectivity index is 1.56. The third kappa shape index (κ3) is 3.11. The summed E-state index contributed by atoms with van der Waals surface area (Å²) in [6.07, 6.45) is 7.98. The molecule has 3 aromatic rings. The average molecular weight is 320 g/mol. The summed E-state index contributed by atoms with van der Waals surface area (Å²) in [5.74, 6) is -0.0343. The monoisotopic (exact) mass is 320 g/mol. The predicted molar refractivity (Wildman–Crippen MR) is 91.6 cm³/mol. The minimum absolute atomic E-state index is 0.0343. The molecule has 5 nitrogen and oxygen atoms in total. The maximum Gasteiger partial charge on any atom is 0.268 e. The van der Waals surface area contributed by atoms with E-state index in [4.69, 9.17) is 0 Å². The first-order valence-corrected chi connectivity index (χ1v) is 8.31. The van der Waals surface area contributed by atoms with Crippen molar-refractivity contribution in [2.75, 3.05) is 0 Å². The van der Waals surface area contributed by atoms with Crippen LogP contribution in [-0.4, -0.2) is 20.3 Å². The maximum atomic E-state index is 12.8. The lowest BCUT2D eigenvalue weighted by molar-refractivity contribution is 0.0922. The van der Waals surface area contributed by atoms with E-state index in [1.54, 1.807) is 6.20 Å². The molecule has 5 heteroatoms. The Hall–Kier alpha value is -2.82. The van der Waals surface area contributed by atoms with Crippen molar-refractivity contribution in [1.29, 1.82) is 0 Å². The Morgan fingerprint density at radius 1 is 1.12 bits per heavy atom. The number of hydrogen-bond donors (Lipinski definition) is 1. The first-order valence-electron chi connectivity index (χ1n) is 8.31. The number of hydrogen-bond acceptors (Lipinski definition) is 2. The van der Waals surface area contributed by atoms with Crippen LogP contribution in [-0.2, 0) is 6.54 Å². The molecule has 4 rings (SSSR count). The lowest BCUT2D eigenvalue weighted by Crippen LogP contribution is -2.32. The van der Waals surface area contributed by atoms with Gasteiger partial charge in [0.1, 0.15) is 5.69 Å². The first-order chi connectivity index (χ1) is 11.8. The van der Waals surface area contributed by atoms with Gasteiger partial charge < -0.3 is 9.88 Å². The summed E-state index contributed by atoms with van der Waals surface area (Å²) >= 11 is 0. The highest BCUT2D eigenvalue weighted by molar-refractivity contribution is 5.93. The molecular weight excluding hydrogens is 300 g/mol. The SMILES string of the molecule is O=C(N[C@@H](Cn1cccn1)c1ccccc1)c1cccn1C1CC1. The molecule has 0 saturated heterocycles. The quantitative estimate of drug-likeness (QED) is 0.758. The van der Waals surface area contributed by atoms with E-state index in [-0.39, 0.29) is 11.9 Å². The smallest absolute Gasteiger partial charge is 0.268 e. The average Bonchev–Trinajstić information content (AvgIpc) is 3.11. The van der Waals surface area contributed by atoms with E-state index in [1.807, 2.05) is 65.6 Å². The van der Waals surface area contributed by atoms with Crippen LogP contribution >= 0.6 is 0 Å². The van der Waals surface area contributed by atoms with Crippen LogP contribution in [0.3, 0.4) is 0 Å². The fourth-order valence-electron chi connectivity index (χ4n) is 3.00. The van der Waals surface area contributed by atoms with Crippen LogP contribution in [0.15, 0.2) is 67.1 Å². The van der Waals surface area contributed by atoms with Crippen molar-refractivity contribution >= 4 is 5.91 Å². The normalized spacial score (nSPS) is 15.2. The fourth-order valence-corrected chi connectivity index (χ4v) is 3.00. The second-order valence-electron chi connectivity index (χ2n) is 6.20. The van der Waals surface area contributed by atoms with Gasteiger partial charge in [-0.15, -0.1) is 0 Å². The van der Waals surface area contributed by atoms with Crippen LogP contribution in [0.2, 0.25) is 0 Å². The number of benzene rings is 1. The summed E-state index contributed by atoms with van der Waals surface area (Å²) in [5, 5.41) is 7.44. The minimum Gasteiger partial charge on any atom is -0.342 e. The summed E-state index contributed by atoms with van der Waals surface area (Å²) in [6.45, 7) is 0.604. The lowest BCUT2D eigenvalue weighted by atomic mass is 10.1. The van der Waals surface area contributed by atoms with E-state index in [0.717, 1.165) is 24.1 Å². The molecule has 1 aromatic carbocycles. The standard InChI is InChI=1S/C19H20N4O/c24-19(18-8-4-13-23(18)16-9-10-16)21-17(14-22-12-5-11-20-22)15-6-2-1-3-7-15/h1-8,11-13,16-17H,9-10,14H2,(H,21,24)/t17-/m0/s1. The van der Waals surface area contributed by atoms with Gasteiger partial charge >= 0.3 is 0 Å². The van der Waals surface area contributed by atoms with Gasteiger partial charge in [-0.05, 0) is 36.6 Å². The van der Waals surface area contributed by atoms with Crippen molar-refractivity contribution in [1.82, 2.24) is 19.7 Å². The molecule has 0 bridgehead atoms. The number of carbonyl (C=O) groups is 1. The molecule has 24 heavy (non-hydrogen) atoms. The Bertz CT molecular complexity index is 803. The van der Waals surface area contributed by atoms with Crippen LogP contribution in [0.25, 0.3) is 0 Å². The van der Waals surface area contributed by atoms with Crippen molar-refractivity contribution in [2.45, 2.75) is 31.5 Å². The van der Waals surface area contributed by atoms with Gasteiger partial charge in [-0.2, -0.15) is 5.10 Å². The Morgan fingerprint density at radius 3 is 2.67 bits per heavy atom. The second kappa shape index (κ2) is 6.35. The van der Waals surface area contributed by atoms with Gasteiger partial charge in [-0.25, -0.2) is 0 Å². The van der Waals surface area contributed by atoms with Gasteiger partial charge in [0.2, 0.25) is 0 Å². The molecule has 122 valence electrons. The largest absolute Gasteiger partial charge is 0.342 e. The molecule has 1 saturated carbocycles. The van der Waals surface area contributed by atoms with Crippen LogP contribution in [0, 0.1) is 0 Å². The molecule has 1 N–H and O–H groups in total. The van der Waals surface area contributed by atoms with Gasteiger partial charge in [0.05, 0.1) is 12.6 Å². The molecule has 1 amide bonds. The number of aromatic nitrogens is 3. The fraction of sp³-hybridized carbons (Fsp3) is 0.263. The minimum atomic E-state index is -0.124. The van der Waals surface area contributed by atoms with Crippen LogP contribution in [0.5, 0.6) is 0 Å². The van der Waals surface area contributed by atoms with Gasteiger partial charge in [0, 0.05) is 24.6 Å². The number of rotatable bonds is 6. The zero-order chi connectivity index (χ0) is 16.4. The summed E-state index contributed by atoms with van der Waals surface area (Å²) < 4.78 is 3.93. The van der Waals surface area contributed by atoms with E-state index in [0.29, 0.717) is 12.6 Å². The van der Waals surface area contributed by atoms with Crippen molar-refractivity contribution < 1.29 is 4.79 Å². The van der Waals surface area contributed by atoms with Crippen molar-refractivity contribution in [3.05, 3.63) is 78.4 Å². The van der Waals surface area contributed by atoms with E-state index < -0.39 is 0 Å². The molecule has 2 heterocycles. The predicted octanol–water partition coefficient (Wildman–Crippen LogP) is 3.19. The summed E-state index contributed by atoms with van der Waals surface area (Å²) in [5.41, 5.74) is 1.81. The molecular formula is C19H20N4O. The van der Waals surface area contributed by atoms with Crippen molar-refractivity contribution in [2.24, 2.45) is 0 Å². The molecule has 1 aliphatic rings. The maximum absolute atomic E-state index is 12.8. The van der Waals surface area contributed by atoms with Crippen molar-refractivity contribution in [3.8, 4) is 0 Å². The summed E-state index contributed by atoms with van der Waals surface area (Å²) in [7, 11) is 0. The van der Waals surface area contributed by atoms with E-state index >= 15 is 0 Å². The molecule has 0 radical (unpaired) electrons. The van der Waals surface area contributed by atoms with Crippen molar-refractivity contribution in [3.63, 3.8) is 0 Å². The first kappa shape index (κ1) is 14.8. The van der Waals surface area contributed by atoms with Gasteiger partial charge in [-0.1, -0.05) is 30.3 Å². The highest BCUT2D eigenvalue weighted by Gasteiger charge is 2.27. The molecule has 1 fully saturated rings.